The summed E-state index contributed by atoms with van der Waals surface area (Å²) < 4.78 is 10.4. The van der Waals surface area contributed by atoms with Crippen molar-refractivity contribution in [2.45, 2.75) is 6.92 Å². The van der Waals surface area contributed by atoms with Gasteiger partial charge in [-0.25, -0.2) is 0 Å². The highest BCUT2D eigenvalue weighted by Crippen LogP contribution is 2.35. The van der Waals surface area contributed by atoms with Crippen molar-refractivity contribution in [3.8, 4) is 11.5 Å². The molecule has 0 spiro atoms. The Balaban J connectivity index is 3.18. The van der Waals surface area contributed by atoms with Crippen molar-refractivity contribution in [2.24, 2.45) is 5.16 Å². The minimum atomic E-state index is 0.415. The molecule has 5 heteroatoms. The number of halogens is 1. The zero-order valence-corrected chi connectivity index (χ0v) is 9.28. The van der Waals surface area contributed by atoms with Crippen molar-refractivity contribution in [1.82, 2.24) is 0 Å². The van der Waals surface area contributed by atoms with Gasteiger partial charge in [0.25, 0.3) is 0 Å². The van der Waals surface area contributed by atoms with Crippen LogP contribution in [0.3, 0.4) is 0 Å². The molecule has 82 valence electrons. The molecule has 0 aromatic heterocycles. The van der Waals surface area contributed by atoms with Gasteiger partial charge in [0.15, 0.2) is 11.5 Å². The number of hydrogen-bond acceptors (Lipinski definition) is 4. The maximum atomic E-state index is 8.41. The van der Waals surface area contributed by atoms with Crippen LogP contribution in [-0.4, -0.2) is 25.1 Å². The van der Waals surface area contributed by atoms with Gasteiger partial charge < -0.3 is 14.7 Å². The Kier molecular flexibility index (Phi) is 4.24. The van der Waals surface area contributed by atoms with Crippen molar-refractivity contribution in [1.29, 1.82) is 0 Å². The van der Waals surface area contributed by atoms with E-state index in [4.69, 9.17) is 26.3 Å². The molecule has 0 bridgehead atoms. The van der Waals surface area contributed by atoms with E-state index in [9.17, 15) is 0 Å². The second-order valence-corrected chi connectivity index (χ2v) is 3.12. The lowest BCUT2D eigenvalue weighted by Gasteiger charge is -2.11. The summed E-state index contributed by atoms with van der Waals surface area (Å²) in [5, 5.41) is 11.8. The molecule has 1 rings (SSSR count). The number of ether oxygens (including phenoxy) is 2. The minimum absolute atomic E-state index is 0.415. The average molecular weight is 230 g/mol. The molecule has 0 atom stereocenters. The van der Waals surface area contributed by atoms with Gasteiger partial charge in [0.1, 0.15) is 0 Å². The molecule has 0 unspecified atom stereocenters. The van der Waals surface area contributed by atoms with Gasteiger partial charge in [0.2, 0.25) is 0 Å². The smallest absolute Gasteiger partial charge is 0.179 e. The van der Waals surface area contributed by atoms with Gasteiger partial charge in [-0.2, -0.15) is 0 Å². The first kappa shape index (κ1) is 11.7. The van der Waals surface area contributed by atoms with E-state index < -0.39 is 0 Å². The highest BCUT2D eigenvalue weighted by molar-refractivity contribution is 6.32. The quantitative estimate of drug-likeness (QED) is 0.490. The zero-order chi connectivity index (χ0) is 11.3. The van der Waals surface area contributed by atoms with Crippen LogP contribution < -0.4 is 9.47 Å². The Bertz CT molecular complexity index is 366. The molecule has 0 aliphatic carbocycles. The zero-order valence-electron chi connectivity index (χ0n) is 8.53. The predicted molar refractivity (Wildman–Crippen MR) is 58.6 cm³/mol. The molecule has 0 saturated heterocycles. The lowest BCUT2D eigenvalue weighted by Crippen LogP contribution is -1.97. The maximum Gasteiger partial charge on any atom is 0.179 e. The Hall–Kier alpha value is -1.42. The third-order valence-electron chi connectivity index (χ3n) is 1.74. The average Bonchev–Trinajstić information content (AvgIpc) is 2.18. The highest BCUT2D eigenvalue weighted by atomic mass is 35.5. The Morgan fingerprint density at radius 3 is 2.80 bits per heavy atom. The number of hydrogen-bond donors (Lipinski definition) is 1. The maximum absolute atomic E-state index is 8.41. The Labute approximate surface area is 93.1 Å². The highest BCUT2D eigenvalue weighted by Gasteiger charge is 2.10. The Morgan fingerprint density at radius 2 is 2.27 bits per heavy atom. The fourth-order valence-electron chi connectivity index (χ4n) is 1.19. The van der Waals surface area contributed by atoms with Crippen LogP contribution in [-0.2, 0) is 0 Å². The third kappa shape index (κ3) is 2.76. The molecule has 15 heavy (non-hydrogen) atoms. The normalized spacial score (nSPS) is 10.6. The standard InChI is InChI=1S/C10H12ClNO3/c1-3-15-9-5-7(6-12-13)4-8(11)10(9)14-2/h4-6,13H,3H2,1-2H3/b12-6+. The van der Waals surface area contributed by atoms with E-state index in [2.05, 4.69) is 5.16 Å². The van der Waals surface area contributed by atoms with Crippen molar-refractivity contribution in [3.63, 3.8) is 0 Å². The number of benzene rings is 1. The van der Waals surface area contributed by atoms with Gasteiger partial charge in [0, 0.05) is 5.56 Å². The van der Waals surface area contributed by atoms with Crippen LogP contribution in [0.2, 0.25) is 5.02 Å². The van der Waals surface area contributed by atoms with Crippen LogP contribution in [0.1, 0.15) is 12.5 Å². The van der Waals surface area contributed by atoms with Crippen LogP contribution in [0.25, 0.3) is 0 Å². The summed E-state index contributed by atoms with van der Waals surface area (Å²) in [7, 11) is 1.52. The molecular formula is C10H12ClNO3. The fraction of sp³-hybridized carbons (Fsp3) is 0.300. The summed E-state index contributed by atoms with van der Waals surface area (Å²) in [5.74, 6) is 1.01. The molecule has 1 aromatic rings. The lowest BCUT2D eigenvalue weighted by atomic mass is 10.2. The van der Waals surface area contributed by atoms with Gasteiger partial charge in [-0.05, 0) is 19.1 Å². The van der Waals surface area contributed by atoms with Gasteiger partial charge in [-0.3, -0.25) is 0 Å². The summed E-state index contributed by atoms with van der Waals surface area (Å²) in [6.45, 7) is 2.37. The largest absolute Gasteiger partial charge is 0.491 e. The SMILES string of the molecule is CCOc1cc(/C=N/O)cc(Cl)c1OC. The van der Waals surface area contributed by atoms with Crippen molar-refractivity contribution >= 4 is 17.8 Å². The van der Waals surface area contributed by atoms with Crippen LogP contribution in [0, 0.1) is 0 Å². The molecule has 0 fully saturated rings. The van der Waals surface area contributed by atoms with E-state index >= 15 is 0 Å². The van der Waals surface area contributed by atoms with Gasteiger partial charge in [-0.1, -0.05) is 16.8 Å². The first-order chi connectivity index (χ1) is 7.22. The van der Waals surface area contributed by atoms with Crippen molar-refractivity contribution < 1.29 is 14.7 Å². The van der Waals surface area contributed by atoms with Crippen LogP contribution in [0.5, 0.6) is 11.5 Å². The first-order valence-electron chi connectivity index (χ1n) is 4.40. The summed E-state index contributed by atoms with van der Waals surface area (Å²) in [6.07, 6.45) is 1.27. The second kappa shape index (κ2) is 5.46. The van der Waals surface area contributed by atoms with E-state index in [-0.39, 0.29) is 0 Å². The summed E-state index contributed by atoms with van der Waals surface area (Å²) >= 11 is 5.96. The topological polar surface area (TPSA) is 51.0 Å². The molecule has 0 aliphatic heterocycles. The first-order valence-corrected chi connectivity index (χ1v) is 4.78. The molecule has 0 amide bonds. The van der Waals surface area contributed by atoms with E-state index in [1.54, 1.807) is 12.1 Å². The lowest BCUT2D eigenvalue weighted by molar-refractivity contribution is 0.311. The van der Waals surface area contributed by atoms with Crippen LogP contribution >= 0.6 is 11.6 Å². The van der Waals surface area contributed by atoms with Gasteiger partial charge >= 0.3 is 0 Å². The molecule has 0 heterocycles. The monoisotopic (exact) mass is 229 g/mol. The molecule has 0 saturated carbocycles. The van der Waals surface area contributed by atoms with Gasteiger partial charge in [0.05, 0.1) is 25.0 Å². The molecule has 4 nitrogen and oxygen atoms in total. The summed E-state index contributed by atoms with van der Waals surface area (Å²) in [4.78, 5) is 0. The fourth-order valence-corrected chi connectivity index (χ4v) is 1.49. The van der Waals surface area contributed by atoms with E-state index in [1.807, 2.05) is 6.92 Å². The van der Waals surface area contributed by atoms with E-state index in [0.717, 1.165) is 0 Å². The van der Waals surface area contributed by atoms with Crippen molar-refractivity contribution in [2.75, 3.05) is 13.7 Å². The van der Waals surface area contributed by atoms with Crippen LogP contribution in [0.15, 0.2) is 17.3 Å². The number of rotatable bonds is 4. The summed E-state index contributed by atoms with van der Waals surface area (Å²) in [5.41, 5.74) is 0.645. The summed E-state index contributed by atoms with van der Waals surface area (Å²) in [6, 6.07) is 3.32. The number of oxime groups is 1. The molecular weight excluding hydrogens is 218 g/mol. The Morgan fingerprint density at radius 1 is 1.53 bits per heavy atom. The third-order valence-corrected chi connectivity index (χ3v) is 2.02. The molecule has 0 aliphatic rings. The number of methoxy groups -OCH3 is 1. The second-order valence-electron chi connectivity index (χ2n) is 2.71. The molecule has 1 N–H and O–H groups in total. The van der Waals surface area contributed by atoms with Crippen molar-refractivity contribution in [3.05, 3.63) is 22.7 Å². The van der Waals surface area contributed by atoms with Gasteiger partial charge in [-0.15, -0.1) is 0 Å². The minimum Gasteiger partial charge on any atom is -0.491 e. The number of nitrogens with zero attached hydrogens (tertiary/aromatic N) is 1. The predicted octanol–water partition coefficient (Wildman–Crippen LogP) is 2.56. The van der Waals surface area contributed by atoms with Crippen LogP contribution in [0.4, 0.5) is 0 Å². The molecule has 0 radical (unpaired) electrons. The van der Waals surface area contributed by atoms with E-state index in [1.165, 1.54) is 13.3 Å². The van der Waals surface area contributed by atoms with E-state index in [0.29, 0.717) is 28.7 Å². The molecule has 1 aromatic carbocycles.